The molecule has 5 nitrogen and oxygen atoms in total. The van der Waals surface area contributed by atoms with E-state index >= 15 is 0 Å². The zero-order chi connectivity index (χ0) is 19.2. The van der Waals surface area contributed by atoms with Crippen LogP contribution in [0.3, 0.4) is 0 Å². The van der Waals surface area contributed by atoms with Crippen LogP contribution in [0.15, 0.2) is 35.4 Å². The van der Waals surface area contributed by atoms with Gasteiger partial charge in [0, 0.05) is 11.8 Å². The largest absolute Gasteiger partial charge is 0.340 e. The highest BCUT2D eigenvalue weighted by Gasteiger charge is 2.22. The Labute approximate surface area is 157 Å². The van der Waals surface area contributed by atoms with Crippen LogP contribution in [0.5, 0.6) is 0 Å². The van der Waals surface area contributed by atoms with Gasteiger partial charge in [0.25, 0.3) is 11.8 Å². The third kappa shape index (κ3) is 9.35. The second-order valence-corrected chi connectivity index (χ2v) is 7.01. The second kappa shape index (κ2) is 13.1. The molecule has 0 heterocycles. The summed E-state index contributed by atoms with van der Waals surface area (Å²) in [4.78, 5) is 24.7. The first-order valence-corrected chi connectivity index (χ1v) is 9.71. The number of nitrogens with zero attached hydrogens (tertiary/aromatic N) is 1. The molecule has 0 bridgehead atoms. The van der Waals surface area contributed by atoms with E-state index in [1.807, 2.05) is 19.9 Å². The number of nitrogens with one attached hydrogen (secondary N) is 2. The van der Waals surface area contributed by atoms with Crippen molar-refractivity contribution in [3.63, 3.8) is 0 Å². The van der Waals surface area contributed by atoms with Gasteiger partial charge in [-0.2, -0.15) is 5.10 Å². The molecule has 0 aliphatic heterocycles. The van der Waals surface area contributed by atoms with E-state index in [0.29, 0.717) is 12.0 Å². The van der Waals surface area contributed by atoms with Gasteiger partial charge < -0.3 is 5.32 Å². The summed E-state index contributed by atoms with van der Waals surface area (Å²) < 4.78 is 0. The van der Waals surface area contributed by atoms with Gasteiger partial charge in [0.05, 0.1) is 0 Å². The van der Waals surface area contributed by atoms with E-state index in [-0.39, 0.29) is 17.7 Å². The van der Waals surface area contributed by atoms with Crippen molar-refractivity contribution >= 4 is 18.0 Å². The lowest BCUT2D eigenvalue weighted by molar-refractivity contribution is -0.123. The van der Waals surface area contributed by atoms with Gasteiger partial charge in [-0.25, -0.2) is 5.43 Å². The Morgan fingerprint density at radius 1 is 1.08 bits per heavy atom. The van der Waals surface area contributed by atoms with Crippen molar-refractivity contribution in [3.05, 3.63) is 35.9 Å². The number of hydrazone groups is 1. The molecular formula is C21H33N3O2. The highest BCUT2D eigenvalue weighted by atomic mass is 16.2. The molecule has 5 heteroatoms. The van der Waals surface area contributed by atoms with Crippen LogP contribution >= 0.6 is 0 Å². The van der Waals surface area contributed by atoms with E-state index in [1.165, 1.54) is 25.7 Å². The number of hydrogen-bond acceptors (Lipinski definition) is 3. The van der Waals surface area contributed by atoms with Gasteiger partial charge in [0.15, 0.2) is 0 Å². The molecule has 0 saturated heterocycles. The van der Waals surface area contributed by atoms with Crippen molar-refractivity contribution in [3.8, 4) is 0 Å². The summed E-state index contributed by atoms with van der Waals surface area (Å²) in [5.74, 6) is -0.235. The SMILES string of the molecule is CCCCCCC/C=N/NC(=O)C(CC(C)C)NC(=O)c1ccccc1. The minimum atomic E-state index is -0.593. The quantitative estimate of drug-likeness (QED) is 0.332. The van der Waals surface area contributed by atoms with Crippen LogP contribution in [0, 0.1) is 5.92 Å². The fraction of sp³-hybridized carbons (Fsp3) is 0.571. The Kier molecular flexibility index (Phi) is 11.0. The maximum atomic E-state index is 12.4. The number of carbonyl (C=O) groups excluding carboxylic acids is 2. The van der Waals surface area contributed by atoms with Crippen LogP contribution in [0.2, 0.25) is 0 Å². The van der Waals surface area contributed by atoms with Crippen molar-refractivity contribution in [1.82, 2.24) is 10.7 Å². The number of carbonyl (C=O) groups is 2. The summed E-state index contributed by atoms with van der Waals surface area (Å²) in [7, 11) is 0. The first-order valence-electron chi connectivity index (χ1n) is 9.71. The van der Waals surface area contributed by atoms with Gasteiger partial charge in [-0.3, -0.25) is 9.59 Å². The van der Waals surface area contributed by atoms with E-state index < -0.39 is 6.04 Å². The Bertz CT molecular complexity index is 556. The monoisotopic (exact) mass is 359 g/mol. The van der Waals surface area contributed by atoms with Crippen LogP contribution < -0.4 is 10.7 Å². The summed E-state index contributed by atoms with van der Waals surface area (Å²) >= 11 is 0. The molecule has 2 amide bonds. The van der Waals surface area contributed by atoms with Crippen LogP contribution in [-0.4, -0.2) is 24.1 Å². The van der Waals surface area contributed by atoms with Gasteiger partial charge in [-0.1, -0.05) is 64.7 Å². The van der Waals surface area contributed by atoms with Crippen molar-refractivity contribution < 1.29 is 9.59 Å². The number of unbranched alkanes of at least 4 members (excludes halogenated alkanes) is 5. The smallest absolute Gasteiger partial charge is 0.262 e. The first-order chi connectivity index (χ1) is 12.5. The van der Waals surface area contributed by atoms with Gasteiger partial charge in [-0.15, -0.1) is 0 Å². The summed E-state index contributed by atoms with van der Waals surface area (Å²) in [5, 5.41) is 6.84. The van der Waals surface area contributed by atoms with Crippen molar-refractivity contribution in [2.75, 3.05) is 0 Å². The lowest BCUT2D eigenvalue weighted by Gasteiger charge is -2.19. The highest BCUT2D eigenvalue weighted by Crippen LogP contribution is 2.07. The van der Waals surface area contributed by atoms with Crippen molar-refractivity contribution in [2.24, 2.45) is 11.0 Å². The number of amides is 2. The van der Waals surface area contributed by atoms with E-state index in [2.05, 4.69) is 22.8 Å². The van der Waals surface area contributed by atoms with Crippen molar-refractivity contribution in [2.45, 2.75) is 71.8 Å². The molecule has 1 atom stereocenters. The average molecular weight is 360 g/mol. The molecule has 0 aromatic heterocycles. The lowest BCUT2D eigenvalue weighted by atomic mass is 10.0. The standard InChI is InChI=1S/C21H33N3O2/c1-4-5-6-7-8-12-15-22-24-21(26)19(16-17(2)3)23-20(25)18-13-10-9-11-14-18/h9-11,13-15,17,19H,4-8,12,16H2,1-3H3,(H,23,25)(H,24,26)/b22-15+. The number of rotatable bonds is 12. The third-order valence-electron chi connectivity index (χ3n) is 4.07. The molecule has 2 N–H and O–H groups in total. The average Bonchev–Trinajstić information content (AvgIpc) is 2.63. The van der Waals surface area contributed by atoms with E-state index in [0.717, 1.165) is 12.8 Å². The molecular weight excluding hydrogens is 326 g/mol. The van der Waals surface area contributed by atoms with Gasteiger partial charge >= 0.3 is 0 Å². The van der Waals surface area contributed by atoms with Crippen LogP contribution in [0.25, 0.3) is 0 Å². The van der Waals surface area contributed by atoms with Crippen LogP contribution in [-0.2, 0) is 4.79 Å². The van der Waals surface area contributed by atoms with Gasteiger partial charge in [0.2, 0.25) is 0 Å². The lowest BCUT2D eigenvalue weighted by Crippen LogP contribution is -2.46. The molecule has 0 spiro atoms. The maximum Gasteiger partial charge on any atom is 0.262 e. The Balaban J connectivity index is 2.46. The molecule has 0 fully saturated rings. The van der Waals surface area contributed by atoms with E-state index in [4.69, 9.17) is 0 Å². The predicted octanol–water partition coefficient (Wildman–Crippen LogP) is 4.29. The number of benzene rings is 1. The Morgan fingerprint density at radius 3 is 2.42 bits per heavy atom. The molecule has 1 rings (SSSR count). The summed E-state index contributed by atoms with van der Waals surface area (Å²) in [5.41, 5.74) is 3.11. The van der Waals surface area contributed by atoms with Crippen LogP contribution in [0.4, 0.5) is 0 Å². The molecule has 144 valence electrons. The normalized spacial score (nSPS) is 12.3. The third-order valence-corrected chi connectivity index (χ3v) is 4.07. The highest BCUT2D eigenvalue weighted by molar-refractivity contribution is 5.97. The Hall–Kier alpha value is -2.17. The minimum Gasteiger partial charge on any atom is -0.340 e. The predicted molar refractivity (Wildman–Crippen MR) is 107 cm³/mol. The zero-order valence-corrected chi connectivity index (χ0v) is 16.3. The molecule has 0 radical (unpaired) electrons. The second-order valence-electron chi connectivity index (χ2n) is 7.01. The minimum absolute atomic E-state index is 0.244. The van der Waals surface area contributed by atoms with E-state index in [1.54, 1.807) is 30.5 Å². The maximum absolute atomic E-state index is 12.4. The van der Waals surface area contributed by atoms with Crippen molar-refractivity contribution in [1.29, 1.82) is 0 Å². The zero-order valence-electron chi connectivity index (χ0n) is 16.3. The molecule has 1 aromatic rings. The summed E-state index contributed by atoms with van der Waals surface area (Å²) in [6.07, 6.45) is 9.19. The molecule has 1 aromatic carbocycles. The van der Waals surface area contributed by atoms with Gasteiger partial charge in [0.1, 0.15) is 6.04 Å². The number of hydrogen-bond donors (Lipinski definition) is 2. The summed E-state index contributed by atoms with van der Waals surface area (Å²) in [6, 6.07) is 8.33. The molecule has 1 unspecified atom stereocenters. The topological polar surface area (TPSA) is 70.6 Å². The fourth-order valence-electron chi connectivity index (χ4n) is 2.62. The summed E-state index contributed by atoms with van der Waals surface area (Å²) in [6.45, 7) is 6.24. The fourth-order valence-corrected chi connectivity index (χ4v) is 2.62. The van der Waals surface area contributed by atoms with Gasteiger partial charge in [-0.05, 0) is 37.3 Å². The Morgan fingerprint density at radius 2 is 1.77 bits per heavy atom. The molecule has 0 saturated carbocycles. The molecule has 0 aliphatic rings. The van der Waals surface area contributed by atoms with E-state index in [9.17, 15) is 9.59 Å². The molecule has 0 aliphatic carbocycles. The molecule has 26 heavy (non-hydrogen) atoms. The van der Waals surface area contributed by atoms with Crippen LogP contribution in [0.1, 0.15) is 76.1 Å². The first kappa shape index (κ1) is 21.9.